The third-order valence-corrected chi connectivity index (χ3v) is 4.56. The van der Waals surface area contributed by atoms with Crippen LogP contribution < -0.4 is 5.32 Å². The molecule has 2 unspecified atom stereocenters. The van der Waals surface area contributed by atoms with Crippen molar-refractivity contribution in [2.75, 3.05) is 0 Å². The molecule has 0 bridgehead atoms. The fourth-order valence-electron chi connectivity index (χ4n) is 3.47. The zero-order valence-electron chi connectivity index (χ0n) is 16.0. The molecule has 2 atom stereocenters. The summed E-state index contributed by atoms with van der Waals surface area (Å²) < 4.78 is 60.1. The first-order valence-electron chi connectivity index (χ1n) is 8.75. The fourth-order valence-corrected chi connectivity index (χ4v) is 3.47. The zero-order chi connectivity index (χ0) is 21.5. The number of nitrogens with one attached hydrogen (secondary N) is 1. The minimum Gasteiger partial charge on any atom is -0.444 e. The van der Waals surface area contributed by atoms with Gasteiger partial charge in [-0.2, -0.15) is 13.2 Å². The molecule has 2 rings (SSSR count). The molecule has 1 aromatic carbocycles. The molecule has 0 radical (unpaired) electrons. The number of aliphatic hydroxyl groups is 1. The van der Waals surface area contributed by atoms with E-state index in [1.54, 1.807) is 20.8 Å². The summed E-state index contributed by atoms with van der Waals surface area (Å²) in [5.74, 6) is -2.62. The van der Waals surface area contributed by atoms with Gasteiger partial charge in [0, 0.05) is 5.56 Å². The number of alkyl carbamates (subject to hydrolysis) is 1. The molecule has 1 aliphatic rings. The highest BCUT2D eigenvalue weighted by molar-refractivity contribution is 5.99. The first kappa shape index (κ1) is 22.1. The summed E-state index contributed by atoms with van der Waals surface area (Å²) in [6, 6.07) is 2.58. The van der Waals surface area contributed by atoms with E-state index < -0.39 is 51.7 Å². The van der Waals surface area contributed by atoms with E-state index in [4.69, 9.17) is 4.74 Å². The van der Waals surface area contributed by atoms with Crippen molar-refractivity contribution in [2.24, 2.45) is 0 Å². The highest BCUT2D eigenvalue weighted by Gasteiger charge is 2.56. The quantitative estimate of drug-likeness (QED) is 0.728. The fraction of sp³-hybridized carbons (Fsp3) is 0.579. The molecule has 1 aromatic rings. The Morgan fingerprint density at radius 3 is 2.36 bits per heavy atom. The van der Waals surface area contributed by atoms with E-state index in [1.165, 1.54) is 0 Å². The second-order valence-corrected chi connectivity index (χ2v) is 8.15. The summed E-state index contributed by atoms with van der Waals surface area (Å²) in [7, 11) is 0. The number of carbonyl (C=O) groups excluding carboxylic acids is 2. The summed E-state index contributed by atoms with van der Waals surface area (Å²) >= 11 is 0. The molecule has 2 N–H and O–H groups in total. The lowest BCUT2D eigenvalue weighted by atomic mass is 9.68. The lowest BCUT2D eigenvalue weighted by molar-refractivity contribution is -0.151. The minimum absolute atomic E-state index is 0.000247. The lowest BCUT2D eigenvalue weighted by Gasteiger charge is -2.43. The average Bonchev–Trinajstić information content (AvgIpc) is 2.48. The first-order valence-corrected chi connectivity index (χ1v) is 8.75. The molecule has 1 amide bonds. The van der Waals surface area contributed by atoms with Crippen LogP contribution in [0.15, 0.2) is 18.2 Å². The van der Waals surface area contributed by atoms with Crippen molar-refractivity contribution in [1.29, 1.82) is 0 Å². The summed E-state index contributed by atoms with van der Waals surface area (Å²) in [5, 5.41) is 12.6. The van der Waals surface area contributed by atoms with E-state index >= 15 is 0 Å². The molecule has 5 nitrogen and oxygen atoms in total. The Labute approximate surface area is 160 Å². The lowest BCUT2D eigenvalue weighted by Crippen LogP contribution is -2.62. The van der Waals surface area contributed by atoms with Gasteiger partial charge in [0.05, 0.1) is 5.56 Å². The standard InChI is InChI=1S/C19H23F4NO4/c1-16(2,3)28-15(26)24-18(10-6-9-17(4,27)14(18)25)11-7-5-8-12(20)13(11)19(21,22)23/h5,7-8,27H,6,9-10H2,1-4H3,(H,24,26). The van der Waals surface area contributed by atoms with E-state index in [9.17, 15) is 32.3 Å². The maximum atomic E-state index is 14.2. The molecular weight excluding hydrogens is 382 g/mol. The van der Waals surface area contributed by atoms with Crippen LogP contribution in [0.3, 0.4) is 0 Å². The van der Waals surface area contributed by atoms with E-state index in [0.29, 0.717) is 6.07 Å². The largest absolute Gasteiger partial charge is 0.444 e. The predicted molar refractivity (Wildman–Crippen MR) is 91.9 cm³/mol. The van der Waals surface area contributed by atoms with Crippen molar-refractivity contribution in [1.82, 2.24) is 5.32 Å². The summed E-state index contributed by atoms with van der Waals surface area (Å²) in [4.78, 5) is 25.4. The van der Waals surface area contributed by atoms with Gasteiger partial charge in [-0.15, -0.1) is 0 Å². The van der Waals surface area contributed by atoms with Gasteiger partial charge in [0.2, 0.25) is 0 Å². The van der Waals surface area contributed by atoms with Crippen LogP contribution in [-0.2, 0) is 21.2 Å². The molecule has 1 saturated carbocycles. The topological polar surface area (TPSA) is 75.6 Å². The van der Waals surface area contributed by atoms with Crippen LogP contribution in [0.5, 0.6) is 0 Å². The number of carbonyl (C=O) groups is 2. The average molecular weight is 405 g/mol. The van der Waals surface area contributed by atoms with E-state index in [1.807, 2.05) is 0 Å². The number of rotatable bonds is 2. The van der Waals surface area contributed by atoms with Crippen LogP contribution in [0.4, 0.5) is 22.4 Å². The third kappa shape index (κ3) is 4.29. The number of halogens is 4. The Hall–Kier alpha value is -2.16. The smallest absolute Gasteiger partial charge is 0.419 e. The predicted octanol–water partition coefficient (Wildman–Crippen LogP) is 4.07. The first-order chi connectivity index (χ1) is 12.6. The molecule has 156 valence electrons. The van der Waals surface area contributed by atoms with Crippen molar-refractivity contribution < 1.29 is 37.0 Å². The number of alkyl halides is 3. The van der Waals surface area contributed by atoms with Crippen molar-refractivity contribution in [3.8, 4) is 0 Å². The number of amides is 1. The summed E-state index contributed by atoms with van der Waals surface area (Å²) in [5.41, 5.74) is -7.67. The Bertz CT molecular complexity index is 783. The Kier molecular flexibility index (Phi) is 5.55. The second-order valence-electron chi connectivity index (χ2n) is 8.15. The third-order valence-electron chi connectivity index (χ3n) is 4.56. The van der Waals surface area contributed by atoms with Gasteiger partial charge in [-0.1, -0.05) is 12.1 Å². The van der Waals surface area contributed by atoms with E-state index in [2.05, 4.69) is 5.32 Å². The zero-order valence-corrected chi connectivity index (χ0v) is 16.0. The summed E-state index contributed by atoms with van der Waals surface area (Å²) in [6.45, 7) is 5.79. The number of hydrogen-bond donors (Lipinski definition) is 2. The van der Waals surface area contributed by atoms with E-state index in [0.717, 1.165) is 19.1 Å². The van der Waals surface area contributed by atoms with Crippen LogP contribution in [-0.4, -0.2) is 28.2 Å². The van der Waals surface area contributed by atoms with Gasteiger partial charge in [-0.25, -0.2) is 9.18 Å². The van der Waals surface area contributed by atoms with Crippen LogP contribution in [0.25, 0.3) is 0 Å². The van der Waals surface area contributed by atoms with Crippen LogP contribution in [0.1, 0.15) is 58.1 Å². The molecule has 0 aliphatic heterocycles. The molecule has 0 spiro atoms. The van der Waals surface area contributed by atoms with Gasteiger partial charge in [0.25, 0.3) is 0 Å². The molecule has 28 heavy (non-hydrogen) atoms. The van der Waals surface area contributed by atoms with Crippen molar-refractivity contribution >= 4 is 11.9 Å². The van der Waals surface area contributed by atoms with E-state index in [-0.39, 0.29) is 19.3 Å². The number of Topliss-reactive ketones (excluding diaryl/α,β-unsaturated/α-hetero) is 1. The Morgan fingerprint density at radius 2 is 1.82 bits per heavy atom. The summed E-state index contributed by atoms with van der Waals surface area (Å²) in [6.07, 6.45) is -6.38. The van der Waals surface area contributed by atoms with Gasteiger partial charge in [-0.05, 0) is 53.0 Å². The number of ketones is 1. The molecular formula is C19H23F4NO4. The molecule has 9 heteroatoms. The SMILES string of the molecule is CC(C)(C)OC(=O)NC1(c2cccc(F)c2C(F)(F)F)CCCC(C)(O)C1=O. The van der Waals surface area contributed by atoms with Crippen LogP contribution in [0, 0.1) is 5.82 Å². The van der Waals surface area contributed by atoms with Crippen molar-refractivity contribution in [3.05, 3.63) is 35.1 Å². The second kappa shape index (κ2) is 7.02. The molecule has 0 aromatic heterocycles. The Morgan fingerprint density at radius 1 is 1.21 bits per heavy atom. The molecule has 1 fully saturated rings. The van der Waals surface area contributed by atoms with Crippen molar-refractivity contribution in [3.63, 3.8) is 0 Å². The van der Waals surface area contributed by atoms with Gasteiger partial charge in [0.1, 0.15) is 22.6 Å². The number of hydrogen-bond acceptors (Lipinski definition) is 4. The molecule has 0 saturated heterocycles. The van der Waals surface area contributed by atoms with Gasteiger partial charge >= 0.3 is 12.3 Å². The van der Waals surface area contributed by atoms with Crippen molar-refractivity contribution in [2.45, 2.75) is 69.9 Å². The minimum atomic E-state index is -5.12. The van der Waals surface area contributed by atoms with Crippen LogP contribution >= 0.6 is 0 Å². The molecule has 0 heterocycles. The van der Waals surface area contributed by atoms with Gasteiger partial charge in [-0.3, -0.25) is 4.79 Å². The monoisotopic (exact) mass is 405 g/mol. The highest BCUT2D eigenvalue weighted by atomic mass is 19.4. The Balaban J connectivity index is 2.70. The maximum absolute atomic E-state index is 14.2. The van der Waals surface area contributed by atoms with Gasteiger partial charge in [0.15, 0.2) is 5.78 Å². The normalized spacial score (nSPS) is 26.1. The maximum Gasteiger partial charge on any atom is 0.419 e. The van der Waals surface area contributed by atoms with Crippen LogP contribution in [0.2, 0.25) is 0 Å². The molecule has 1 aliphatic carbocycles. The van der Waals surface area contributed by atoms with Gasteiger partial charge < -0.3 is 15.2 Å². The number of ether oxygens (including phenoxy) is 1. The highest BCUT2D eigenvalue weighted by Crippen LogP contribution is 2.45. The number of benzene rings is 1.